The Morgan fingerprint density at radius 2 is 1.79 bits per heavy atom. The van der Waals surface area contributed by atoms with Crippen molar-refractivity contribution in [3.63, 3.8) is 0 Å². The summed E-state index contributed by atoms with van der Waals surface area (Å²) in [6.07, 6.45) is 5.54. The molecule has 0 radical (unpaired) electrons. The molecule has 3 fully saturated rings. The molecular formula is C22H30O6. The van der Waals surface area contributed by atoms with Gasteiger partial charge in [0.1, 0.15) is 12.7 Å². The Morgan fingerprint density at radius 3 is 2.54 bits per heavy atom. The number of rotatable bonds is 4. The van der Waals surface area contributed by atoms with E-state index in [1.165, 1.54) is 6.42 Å². The second-order valence-corrected chi connectivity index (χ2v) is 8.43. The fourth-order valence-corrected chi connectivity index (χ4v) is 4.42. The third kappa shape index (κ3) is 4.57. The lowest BCUT2D eigenvalue weighted by Gasteiger charge is -2.42. The molecule has 4 rings (SSSR count). The topological polar surface area (TPSA) is 63.2 Å². The molecule has 2 aliphatic heterocycles. The minimum Gasteiger partial charge on any atom is -0.459 e. The average molecular weight is 390 g/mol. The van der Waals surface area contributed by atoms with Crippen LogP contribution in [-0.2, 0) is 23.7 Å². The Hall–Kier alpha value is -1.47. The number of esters is 1. The first kappa shape index (κ1) is 19.8. The van der Waals surface area contributed by atoms with Gasteiger partial charge in [-0.1, -0.05) is 24.6 Å². The number of carbonyl (C=O) groups excluding carboxylic acids is 1. The van der Waals surface area contributed by atoms with Crippen molar-refractivity contribution < 1.29 is 28.5 Å². The fourth-order valence-electron chi connectivity index (χ4n) is 4.42. The zero-order valence-electron chi connectivity index (χ0n) is 16.7. The van der Waals surface area contributed by atoms with Crippen LogP contribution >= 0.6 is 0 Å². The Bertz CT molecular complexity index is 667. The molecule has 3 aliphatic rings. The van der Waals surface area contributed by atoms with Crippen molar-refractivity contribution in [1.29, 1.82) is 0 Å². The van der Waals surface area contributed by atoms with Crippen molar-refractivity contribution in [2.75, 3.05) is 13.2 Å². The third-order valence-electron chi connectivity index (χ3n) is 5.70. The monoisotopic (exact) mass is 390 g/mol. The van der Waals surface area contributed by atoms with Crippen LogP contribution in [0, 0.1) is 0 Å². The summed E-state index contributed by atoms with van der Waals surface area (Å²) in [4.78, 5) is 12.2. The van der Waals surface area contributed by atoms with E-state index in [-0.39, 0.29) is 30.9 Å². The van der Waals surface area contributed by atoms with E-state index in [4.69, 9.17) is 23.7 Å². The van der Waals surface area contributed by atoms with Gasteiger partial charge in [0.25, 0.3) is 0 Å². The second kappa shape index (κ2) is 8.11. The summed E-state index contributed by atoms with van der Waals surface area (Å²) in [5.41, 5.74) is 0.539. The molecule has 2 heterocycles. The van der Waals surface area contributed by atoms with Gasteiger partial charge >= 0.3 is 5.97 Å². The molecule has 1 spiro atoms. The summed E-state index contributed by atoms with van der Waals surface area (Å²) in [6.45, 7) is 4.50. The lowest BCUT2D eigenvalue weighted by atomic mass is 9.94. The Morgan fingerprint density at radius 1 is 1.04 bits per heavy atom. The average Bonchev–Trinajstić information content (AvgIpc) is 3.09. The van der Waals surface area contributed by atoms with E-state index in [1.54, 1.807) is 12.1 Å². The summed E-state index contributed by atoms with van der Waals surface area (Å²) in [5, 5.41) is 0. The van der Waals surface area contributed by atoms with E-state index in [0.29, 0.717) is 18.6 Å². The van der Waals surface area contributed by atoms with Crippen LogP contribution in [0.3, 0.4) is 0 Å². The lowest BCUT2D eigenvalue weighted by molar-refractivity contribution is -0.320. The highest BCUT2D eigenvalue weighted by Gasteiger charge is 2.48. The molecule has 3 atom stereocenters. The molecule has 0 bridgehead atoms. The van der Waals surface area contributed by atoms with Gasteiger partial charge in [-0.25, -0.2) is 4.79 Å². The molecule has 1 saturated carbocycles. The summed E-state index contributed by atoms with van der Waals surface area (Å²) in [5.74, 6) is -1.53. The molecule has 0 unspecified atom stereocenters. The van der Waals surface area contributed by atoms with Crippen LogP contribution in [0.25, 0.3) is 0 Å². The van der Waals surface area contributed by atoms with E-state index in [9.17, 15) is 4.79 Å². The molecule has 1 aliphatic carbocycles. The SMILES string of the molecule is CC1(C)O[C@@H](COC(=O)c2ccccc2)C[C@@H]([C@H]2COC3(CCCCC3)O2)O1. The molecule has 6 nitrogen and oxygen atoms in total. The van der Waals surface area contributed by atoms with Gasteiger partial charge in [-0.15, -0.1) is 0 Å². The largest absolute Gasteiger partial charge is 0.459 e. The van der Waals surface area contributed by atoms with Crippen molar-refractivity contribution >= 4 is 5.97 Å². The first-order chi connectivity index (χ1) is 13.4. The highest BCUT2D eigenvalue weighted by atomic mass is 16.8. The molecule has 28 heavy (non-hydrogen) atoms. The van der Waals surface area contributed by atoms with E-state index < -0.39 is 11.6 Å². The molecule has 6 heteroatoms. The highest BCUT2D eigenvalue weighted by molar-refractivity contribution is 5.89. The van der Waals surface area contributed by atoms with Crippen LogP contribution < -0.4 is 0 Å². The van der Waals surface area contributed by atoms with Crippen LogP contribution in [0.2, 0.25) is 0 Å². The van der Waals surface area contributed by atoms with E-state index in [1.807, 2.05) is 32.0 Å². The van der Waals surface area contributed by atoms with Gasteiger partial charge in [-0.05, 0) is 38.8 Å². The summed E-state index contributed by atoms with van der Waals surface area (Å²) in [6, 6.07) is 8.99. The van der Waals surface area contributed by atoms with Crippen molar-refractivity contribution in [3.05, 3.63) is 35.9 Å². The number of benzene rings is 1. The predicted octanol–water partition coefficient (Wildman–Crippen LogP) is 3.83. The van der Waals surface area contributed by atoms with Crippen LogP contribution in [0.5, 0.6) is 0 Å². The fraction of sp³-hybridized carbons (Fsp3) is 0.682. The maximum atomic E-state index is 12.2. The van der Waals surface area contributed by atoms with E-state index in [2.05, 4.69) is 0 Å². The van der Waals surface area contributed by atoms with Crippen LogP contribution in [0.4, 0.5) is 0 Å². The summed E-state index contributed by atoms with van der Waals surface area (Å²) < 4.78 is 30.1. The maximum absolute atomic E-state index is 12.2. The Kier molecular flexibility index (Phi) is 5.74. The van der Waals surface area contributed by atoms with Crippen molar-refractivity contribution in [3.8, 4) is 0 Å². The number of hydrogen-bond acceptors (Lipinski definition) is 6. The van der Waals surface area contributed by atoms with Gasteiger partial charge in [-0.3, -0.25) is 0 Å². The predicted molar refractivity (Wildman–Crippen MR) is 102 cm³/mol. The third-order valence-corrected chi connectivity index (χ3v) is 5.70. The quantitative estimate of drug-likeness (QED) is 0.728. The van der Waals surface area contributed by atoms with E-state index >= 15 is 0 Å². The molecule has 2 saturated heterocycles. The van der Waals surface area contributed by atoms with E-state index in [0.717, 1.165) is 25.7 Å². The zero-order chi connectivity index (χ0) is 19.6. The Balaban J connectivity index is 1.35. The summed E-state index contributed by atoms with van der Waals surface area (Å²) >= 11 is 0. The van der Waals surface area contributed by atoms with Gasteiger partial charge in [0.15, 0.2) is 11.6 Å². The highest BCUT2D eigenvalue weighted by Crippen LogP contribution is 2.41. The molecule has 154 valence electrons. The number of hydrogen-bond donors (Lipinski definition) is 0. The molecule has 0 aromatic heterocycles. The van der Waals surface area contributed by atoms with Gasteiger partial charge in [0.05, 0.1) is 24.4 Å². The molecule has 1 aromatic carbocycles. The Labute approximate surface area is 166 Å². The standard InChI is InChI=1S/C22H30O6/c1-21(2)26-17(14-24-20(23)16-9-5-3-6-10-16)13-18(27-21)19-15-25-22(28-19)11-7-4-8-12-22/h3,5-6,9-10,17-19H,4,7-8,11-15H2,1-2H3/t17-,18+,19-/m1/s1. The van der Waals surface area contributed by atoms with Crippen LogP contribution in [-0.4, -0.2) is 49.1 Å². The van der Waals surface area contributed by atoms with Gasteiger partial charge in [-0.2, -0.15) is 0 Å². The normalized spacial score (nSPS) is 31.6. The van der Waals surface area contributed by atoms with Crippen LogP contribution in [0.1, 0.15) is 62.7 Å². The smallest absolute Gasteiger partial charge is 0.338 e. The lowest BCUT2D eigenvalue weighted by Crippen LogP contribution is -2.51. The summed E-state index contributed by atoms with van der Waals surface area (Å²) in [7, 11) is 0. The van der Waals surface area contributed by atoms with Gasteiger partial charge in [0.2, 0.25) is 0 Å². The number of carbonyl (C=O) groups is 1. The number of ether oxygens (including phenoxy) is 5. The van der Waals surface area contributed by atoms with Crippen molar-refractivity contribution in [2.45, 2.75) is 82.3 Å². The van der Waals surface area contributed by atoms with Crippen molar-refractivity contribution in [2.24, 2.45) is 0 Å². The molecule has 1 aromatic rings. The zero-order valence-corrected chi connectivity index (χ0v) is 16.7. The van der Waals surface area contributed by atoms with Crippen LogP contribution in [0.15, 0.2) is 30.3 Å². The molecule has 0 N–H and O–H groups in total. The maximum Gasteiger partial charge on any atom is 0.338 e. The van der Waals surface area contributed by atoms with Gasteiger partial charge < -0.3 is 23.7 Å². The first-order valence-electron chi connectivity index (χ1n) is 10.3. The molecule has 0 amide bonds. The van der Waals surface area contributed by atoms with Crippen molar-refractivity contribution in [1.82, 2.24) is 0 Å². The molecular weight excluding hydrogens is 360 g/mol. The minimum atomic E-state index is -0.765. The minimum absolute atomic E-state index is 0.117. The van der Waals surface area contributed by atoms with Gasteiger partial charge in [0, 0.05) is 19.3 Å². The second-order valence-electron chi connectivity index (χ2n) is 8.43. The first-order valence-corrected chi connectivity index (χ1v) is 10.3.